The highest BCUT2D eigenvalue weighted by Gasteiger charge is 2.21. The van der Waals surface area contributed by atoms with Crippen LogP contribution in [0.15, 0.2) is 66.5 Å². The van der Waals surface area contributed by atoms with E-state index in [1.807, 2.05) is 30.3 Å². The summed E-state index contributed by atoms with van der Waals surface area (Å²) >= 11 is 0. The number of anilines is 2. The van der Waals surface area contributed by atoms with Crippen LogP contribution in [-0.2, 0) is 6.54 Å². The van der Waals surface area contributed by atoms with Crippen molar-refractivity contribution in [1.82, 2.24) is 43.8 Å². The number of fused-ring (bicyclic) bond motifs is 2. The Kier molecular flexibility index (Phi) is 5.85. The van der Waals surface area contributed by atoms with E-state index in [0.29, 0.717) is 28.7 Å². The molecule has 0 bridgehead atoms. The first-order valence-corrected chi connectivity index (χ1v) is 12.1. The summed E-state index contributed by atoms with van der Waals surface area (Å²) in [7, 11) is 2.11. The number of likely N-dealkylation sites (tertiary alicyclic amines) is 1. The average molecular weight is 499 g/mol. The Morgan fingerprint density at radius 3 is 2.86 bits per heavy atom. The Morgan fingerprint density at radius 1 is 1.16 bits per heavy atom. The normalized spacial score (nSPS) is 14.8. The molecule has 12 nitrogen and oxygen atoms in total. The summed E-state index contributed by atoms with van der Waals surface area (Å²) in [6.45, 7) is 6.07. The number of pyridine rings is 2. The number of hydrogen-bond acceptors (Lipinski definition) is 9. The van der Waals surface area contributed by atoms with Crippen molar-refractivity contribution in [1.29, 1.82) is 0 Å². The first kappa shape index (κ1) is 22.9. The summed E-state index contributed by atoms with van der Waals surface area (Å²) in [6, 6.07) is 9.23. The van der Waals surface area contributed by atoms with E-state index in [1.54, 1.807) is 26.2 Å². The molecule has 6 rings (SSSR count). The highest BCUT2D eigenvalue weighted by atomic mass is 16.5. The molecule has 1 N–H and O–H groups in total. The monoisotopic (exact) mass is 498 g/mol. The van der Waals surface area contributed by atoms with Crippen molar-refractivity contribution in [3.05, 3.63) is 72.1 Å². The van der Waals surface area contributed by atoms with E-state index in [-0.39, 0.29) is 18.2 Å². The van der Waals surface area contributed by atoms with Crippen molar-refractivity contribution >= 4 is 28.3 Å². The van der Waals surface area contributed by atoms with E-state index in [0.717, 1.165) is 37.3 Å². The van der Waals surface area contributed by atoms with E-state index in [9.17, 15) is 4.79 Å². The largest absolute Gasteiger partial charge is 0.474 e. The van der Waals surface area contributed by atoms with Gasteiger partial charge in [-0.1, -0.05) is 12.1 Å². The number of aromatic nitrogens is 8. The van der Waals surface area contributed by atoms with Crippen molar-refractivity contribution in [2.75, 3.05) is 25.5 Å². The number of rotatable bonds is 7. The lowest BCUT2D eigenvalue weighted by atomic mass is 10.1. The molecule has 188 valence electrons. The lowest BCUT2D eigenvalue weighted by Crippen LogP contribution is -2.35. The predicted molar refractivity (Wildman–Crippen MR) is 139 cm³/mol. The molecule has 37 heavy (non-hydrogen) atoms. The van der Waals surface area contributed by atoms with Crippen LogP contribution in [-0.4, -0.2) is 70.1 Å². The van der Waals surface area contributed by atoms with Crippen molar-refractivity contribution in [2.45, 2.75) is 25.5 Å². The summed E-state index contributed by atoms with van der Waals surface area (Å²) in [5.74, 6) is 1.36. The van der Waals surface area contributed by atoms with Crippen LogP contribution in [0.2, 0.25) is 0 Å². The van der Waals surface area contributed by atoms with Crippen LogP contribution < -0.4 is 15.6 Å². The SMILES string of the molecule is C=CCn1c(=O)c2cnc(Nc3ccc4ncnn4c3)nc2n1-c1cccc(OC2CCN(C)CC2)n1. The third-order valence-corrected chi connectivity index (χ3v) is 6.39. The molecule has 5 aromatic heterocycles. The smallest absolute Gasteiger partial charge is 0.278 e. The minimum Gasteiger partial charge on any atom is -0.474 e. The van der Waals surface area contributed by atoms with Gasteiger partial charge in [-0.15, -0.1) is 6.58 Å². The third-order valence-electron chi connectivity index (χ3n) is 6.39. The first-order chi connectivity index (χ1) is 18.1. The summed E-state index contributed by atoms with van der Waals surface area (Å²) < 4.78 is 11.1. The number of nitrogens with zero attached hydrogens (tertiary/aromatic N) is 9. The maximum absolute atomic E-state index is 13.2. The Bertz CT molecular complexity index is 1640. The van der Waals surface area contributed by atoms with Crippen LogP contribution in [0.4, 0.5) is 11.6 Å². The van der Waals surface area contributed by atoms with Crippen molar-refractivity contribution in [2.24, 2.45) is 0 Å². The fraction of sp³-hybridized carbons (Fsp3) is 0.280. The van der Waals surface area contributed by atoms with Gasteiger partial charge in [-0.25, -0.2) is 23.8 Å². The van der Waals surface area contributed by atoms with Gasteiger partial charge in [0.15, 0.2) is 17.1 Å². The first-order valence-electron chi connectivity index (χ1n) is 12.1. The number of ether oxygens (including phenoxy) is 1. The van der Waals surface area contributed by atoms with E-state index in [2.05, 4.69) is 43.9 Å². The van der Waals surface area contributed by atoms with Gasteiger partial charge in [0.2, 0.25) is 11.8 Å². The molecule has 0 aliphatic carbocycles. The van der Waals surface area contributed by atoms with Gasteiger partial charge in [-0.3, -0.25) is 4.79 Å². The van der Waals surface area contributed by atoms with E-state index < -0.39 is 0 Å². The Labute approximate surface area is 211 Å². The molecule has 1 saturated heterocycles. The third kappa shape index (κ3) is 4.42. The van der Waals surface area contributed by atoms with Gasteiger partial charge < -0.3 is 15.0 Å². The van der Waals surface area contributed by atoms with Crippen molar-refractivity contribution < 1.29 is 4.74 Å². The van der Waals surface area contributed by atoms with Crippen molar-refractivity contribution in [3.8, 4) is 11.7 Å². The highest BCUT2D eigenvalue weighted by molar-refractivity contribution is 5.77. The molecule has 0 amide bonds. The molecule has 0 atom stereocenters. The van der Waals surface area contributed by atoms with Crippen LogP contribution in [0.5, 0.6) is 5.88 Å². The number of allylic oxidation sites excluding steroid dienone is 1. The van der Waals surface area contributed by atoms with E-state index >= 15 is 0 Å². The molecule has 6 heterocycles. The molecule has 0 aromatic carbocycles. The molecule has 1 aliphatic rings. The maximum Gasteiger partial charge on any atom is 0.278 e. The van der Waals surface area contributed by atoms with E-state index in [1.165, 1.54) is 12.5 Å². The van der Waals surface area contributed by atoms with Crippen molar-refractivity contribution in [3.63, 3.8) is 0 Å². The lowest BCUT2D eigenvalue weighted by Gasteiger charge is -2.29. The summed E-state index contributed by atoms with van der Waals surface area (Å²) in [4.78, 5) is 33.5. The van der Waals surface area contributed by atoms with Gasteiger partial charge in [0, 0.05) is 25.4 Å². The zero-order valence-corrected chi connectivity index (χ0v) is 20.4. The Hall–Kier alpha value is -4.58. The van der Waals surface area contributed by atoms with Crippen LogP contribution in [0.25, 0.3) is 22.5 Å². The number of nitrogens with one attached hydrogen (secondary N) is 1. The topological polar surface area (TPSA) is 120 Å². The predicted octanol–water partition coefficient (Wildman–Crippen LogP) is 2.42. The van der Waals surface area contributed by atoms with Gasteiger partial charge in [-0.2, -0.15) is 15.1 Å². The fourth-order valence-corrected chi connectivity index (χ4v) is 4.49. The summed E-state index contributed by atoms with van der Waals surface area (Å²) in [5, 5.41) is 7.72. The fourth-order valence-electron chi connectivity index (χ4n) is 4.49. The molecule has 5 aromatic rings. The van der Waals surface area contributed by atoms with Gasteiger partial charge in [0.25, 0.3) is 5.56 Å². The molecular weight excluding hydrogens is 472 g/mol. The molecule has 12 heteroatoms. The molecule has 1 aliphatic heterocycles. The number of hydrogen-bond donors (Lipinski definition) is 1. The summed E-state index contributed by atoms with van der Waals surface area (Å²) in [5.41, 5.74) is 1.65. The minimum atomic E-state index is -0.228. The van der Waals surface area contributed by atoms with Gasteiger partial charge in [-0.05, 0) is 38.1 Å². The zero-order chi connectivity index (χ0) is 25.4. The maximum atomic E-state index is 13.2. The highest BCUT2D eigenvalue weighted by Crippen LogP contribution is 2.22. The molecule has 0 spiro atoms. The van der Waals surface area contributed by atoms with Gasteiger partial charge >= 0.3 is 0 Å². The van der Waals surface area contributed by atoms with E-state index in [4.69, 9.17) is 9.72 Å². The average Bonchev–Trinajstić information content (AvgIpc) is 3.48. The second-order valence-electron chi connectivity index (χ2n) is 8.98. The second kappa shape index (κ2) is 9.47. The van der Waals surface area contributed by atoms with Crippen LogP contribution in [0.1, 0.15) is 12.8 Å². The standard InChI is InChI=1S/C25H26N10O2/c1-3-11-34-24(36)19-14-26-25(29-17-7-8-20-27-16-28-33(20)15-17)31-23(19)35(34)21-5-4-6-22(30-21)37-18-9-12-32(2)13-10-18/h3-8,14-16,18H,1,9-13H2,2H3,(H,26,29,31). The van der Waals surface area contributed by atoms with Crippen LogP contribution in [0.3, 0.4) is 0 Å². The molecule has 0 radical (unpaired) electrons. The van der Waals surface area contributed by atoms with Gasteiger partial charge in [0.05, 0.1) is 18.4 Å². The minimum absolute atomic E-state index is 0.108. The molecule has 1 fully saturated rings. The van der Waals surface area contributed by atoms with Gasteiger partial charge in [0.1, 0.15) is 17.8 Å². The van der Waals surface area contributed by atoms with Crippen LogP contribution in [0, 0.1) is 0 Å². The molecule has 0 unspecified atom stereocenters. The lowest BCUT2D eigenvalue weighted by molar-refractivity contribution is 0.110. The quantitative estimate of drug-likeness (QED) is 0.337. The Morgan fingerprint density at radius 2 is 2.03 bits per heavy atom. The Balaban J connectivity index is 1.38. The molecule has 0 saturated carbocycles. The summed E-state index contributed by atoms with van der Waals surface area (Å²) in [6.07, 6.45) is 8.46. The second-order valence-corrected chi connectivity index (χ2v) is 8.98. The molecular formula is C25H26N10O2. The van der Waals surface area contributed by atoms with Crippen LogP contribution >= 0.6 is 0 Å². The zero-order valence-electron chi connectivity index (χ0n) is 20.4. The number of piperidine rings is 1.